The molecule has 0 aliphatic heterocycles. The summed E-state index contributed by atoms with van der Waals surface area (Å²) in [5, 5.41) is 9.75. The summed E-state index contributed by atoms with van der Waals surface area (Å²) < 4.78 is 0. The van der Waals surface area contributed by atoms with Crippen LogP contribution in [0.4, 0.5) is 0 Å². The molecule has 3 heteroatoms. The van der Waals surface area contributed by atoms with Crippen molar-refractivity contribution in [2.24, 2.45) is 5.92 Å². The Labute approximate surface area is 84.1 Å². The van der Waals surface area contributed by atoms with Crippen molar-refractivity contribution in [3.05, 3.63) is 0 Å². The van der Waals surface area contributed by atoms with Crippen molar-refractivity contribution < 1.29 is 5.11 Å². The largest absolute Gasteiger partial charge is 0.395 e. The second kappa shape index (κ2) is 8.02. The van der Waals surface area contributed by atoms with Gasteiger partial charge in [-0.3, -0.25) is 0 Å². The second-order valence-corrected chi connectivity index (χ2v) is 4.19. The van der Waals surface area contributed by atoms with E-state index >= 15 is 0 Å². The maximum absolute atomic E-state index is 8.66. The first kappa shape index (κ1) is 12.4. The lowest BCUT2D eigenvalue weighted by Crippen LogP contribution is -2.24. The molecular formula is C9H20BrNO. The Kier molecular flexibility index (Phi) is 8.29. The fourth-order valence-corrected chi connectivity index (χ4v) is 1.84. The number of halogens is 1. The van der Waals surface area contributed by atoms with Gasteiger partial charge in [0, 0.05) is 11.9 Å². The molecule has 0 saturated carbocycles. The van der Waals surface area contributed by atoms with Gasteiger partial charge < -0.3 is 10.0 Å². The van der Waals surface area contributed by atoms with Gasteiger partial charge >= 0.3 is 0 Å². The number of likely N-dealkylation sites (N-methyl/N-ethyl adjacent to an activating group) is 1. The fourth-order valence-electron chi connectivity index (χ4n) is 1.05. The SMILES string of the molecule is CC(CCBr)CCN(C)CCO. The van der Waals surface area contributed by atoms with E-state index in [1.54, 1.807) is 0 Å². The monoisotopic (exact) mass is 237 g/mol. The normalized spacial score (nSPS) is 13.8. The zero-order chi connectivity index (χ0) is 9.40. The van der Waals surface area contributed by atoms with Crippen LogP contribution in [0.3, 0.4) is 0 Å². The summed E-state index contributed by atoms with van der Waals surface area (Å²) in [4.78, 5) is 2.17. The van der Waals surface area contributed by atoms with Gasteiger partial charge in [-0.1, -0.05) is 22.9 Å². The summed E-state index contributed by atoms with van der Waals surface area (Å²) in [5.41, 5.74) is 0. The van der Waals surface area contributed by atoms with E-state index in [9.17, 15) is 0 Å². The number of aliphatic hydroxyl groups is 1. The molecule has 0 aliphatic carbocycles. The van der Waals surface area contributed by atoms with Gasteiger partial charge in [0.1, 0.15) is 0 Å². The highest BCUT2D eigenvalue weighted by Crippen LogP contribution is 2.09. The standard InChI is InChI=1S/C9H20BrNO/c1-9(3-5-10)4-6-11(2)7-8-12/h9,12H,3-8H2,1-2H3. The van der Waals surface area contributed by atoms with Gasteiger partial charge in [-0.15, -0.1) is 0 Å². The molecule has 74 valence electrons. The van der Waals surface area contributed by atoms with E-state index in [0.717, 1.165) is 24.3 Å². The zero-order valence-corrected chi connectivity index (χ0v) is 9.68. The summed E-state index contributed by atoms with van der Waals surface area (Å²) in [6.07, 6.45) is 2.47. The maximum Gasteiger partial charge on any atom is 0.0558 e. The van der Waals surface area contributed by atoms with Gasteiger partial charge in [-0.25, -0.2) is 0 Å². The molecule has 0 bridgehead atoms. The Balaban J connectivity index is 3.27. The van der Waals surface area contributed by atoms with Crippen LogP contribution in [0, 0.1) is 5.92 Å². The first-order valence-corrected chi connectivity index (χ1v) is 5.68. The van der Waals surface area contributed by atoms with Crippen LogP contribution in [0.5, 0.6) is 0 Å². The minimum absolute atomic E-state index is 0.267. The summed E-state index contributed by atoms with van der Waals surface area (Å²) in [6, 6.07) is 0. The van der Waals surface area contributed by atoms with E-state index < -0.39 is 0 Å². The molecule has 0 heterocycles. The maximum atomic E-state index is 8.66. The van der Waals surface area contributed by atoms with Crippen LogP contribution in [0.15, 0.2) is 0 Å². The molecule has 0 fully saturated rings. The molecule has 0 aromatic carbocycles. The number of nitrogens with zero attached hydrogens (tertiary/aromatic N) is 1. The average Bonchev–Trinajstić information content (AvgIpc) is 2.02. The van der Waals surface area contributed by atoms with Crippen molar-refractivity contribution in [2.75, 3.05) is 32.1 Å². The van der Waals surface area contributed by atoms with Crippen LogP contribution < -0.4 is 0 Å². The van der Waals surface area contributed by atoms with E-state index in [1.807, 2.05) is 0 Å². The number of hydrogen-bond acceptors (Lipinski definition) is 2. The predicted molar refractivity (Wildman–Crippen MR) is 56.8 cm³/mol. The summed E-state index contributed by atoms with van der Waals surface area (Å²) in [5.74, 6) is 0.783. The lowest BCUT2D eigenvalue weighted by molar-refractivity contribution is 0.214. The van der Waals surface area contributed by atoms with Crippen LogP contribution in [0.2, 0.25) is 0 Å². The topological polar surface area (TPSA) is 23.5 Å². The Morgan fingerprint density at radius 3 is 2.50 bits per heavy atom. The Bertz CT molecular complexity index is 88.5. The molecule has 2 nitrogen and oxygen atoms in total. The molecule has 0 radical (unpaired) electrons. The molecule has 1 unspecified atom stereocenters. The van der Waals surface area contributed by atoms with Crippen molar-refractivity contribution >= 4 is 15.9 Å². The molecule has 0 saturated heterocycles. The Morgan fingerprint density at radius 1 is 1.33 bits per heavy atom. The first-order chi connectivity index (χ1) is 5.70. The molecule has 0 spiro atoms. The third-order valence-electron chi connectivity index (χ3n) is 2.09. The summed E-state index contributed by atoms with van der Waals surface area (Å²) >= 11 is 3.43. The van der Waals surface area contributed by atoms with Crippen LogP contribution in [-0.2, 0) is 0 Å². The average molecular weight is 238 g/mol. The third-order valence-corrected chi connectivity index (χ3v) is 2.55. The van der Waals surface area contributed by atoms with Crippen LogP contribution in [-0.4, -0.2) is 42.1 Å². The van der Waals surface area contributed by atoms with Crippen LogP contribution in [0.25, 0.3) is 0 Å². The van der Waals surface area contributed by atoms with E-state index in [0.29, 0.717) is 0 Å². The zero-order valence-electron chi connectivity index (χ0n) is 8.09. The lowest BCUT2D eigenvalue weighted by Gasteiger charge is -2.17. The number of hydrogen-bond donors (Lipinski definition) is 1. The Morgan fingerprint density at radius 2 is 2.00 bits per heavy atom. The summed E-state index contributed by atoms with van der Waals surface area (Å²) in [7, 11) is 2.05. The van der Waals surface area contributed by atoms with E-state index in [2.05, 4.69) is 34.8 Å². The van der Waals surface area contributed by atoms with E-state index in [4.69, 9.17) is 5.11 Å². The van der Waals surface area contributed by atoms with E-state index in [-0.39, 0.29) is 6.61 Å². The third kappa shape index (κ3) is 7.07. The van der Waals surface area contributed by atoms with Gasteiger partial charge in [0.2, 0.25) is 0 Å². The fraction of sp³-hybridized carbons (Fsp3) is 1.00. The van der Waals surface area contributed by atoms with Crippen molar-refractivity contribution in [3.8, 4) is 0 Å². The Hall–Kier alpha value is 0.400. The van der Waals surface area contributed by atoms with E-state index in [1.165, 1.54) is 12.8 Å². The van der Waals surface area contributed by atoms with Gasteiger partial charge in [-0.2, -0.15) is 0 Å². The van der Waals surface area contributed by atoms with Gasteiger partial charge in [0.25, 0.3) is 0 Å². The van der Waals surface area contributed by atoms with Crippen molar-refractivity contribution in [3.63, 3.8) is 0 Å². The number of alkyl halides is 1. The van der Waals surface area contributed by atoms with Crippen molar-refractivity contribution in [1.82, 2.24) is 4.90 Å². The molecule has 0 aromatic rings. The minimum atomic E-state index is 0.267. The van der Waals surface area contributed by atoms with Crippen molar-refractivity contribution in [1.29, 1.82) is 0 Å². The highest BCUT2D eigenvalue weighted by atomic mass is 79.9. The molecule has 12 heavy (non-hydrogen) atoms. The molecule has 1 atom stereocenters. The van der Waals surface area contributed by atoms with Gasteiger partial charge in [0.15, 0.2) is 0 Å². The number of rotatable bonds is 7. The minimum Gasteiger partial charge on any atom is -0.395 e. The molecular weight excluding hydrogens is 218 g/mol. The highest BCUT2D eigenvalue weighted by molar-refractivity contribution is 9.09. The first-order valence-electron chi connectivity index (χ1n) is 4.56. The van der Waals surface area contributed by atoms with Crippen molar-refractivity contribution in [2.45, 2.75) is 19.8 Å². The van der Waals surface area contributed by atoms with Crippen LogP contribution >= 0.6 is 15.9 Å². The van der Waals surface area contributed by atoms with Gasteiger partial charge in [0.05, 0.1) is 6.61 Å². The molecule has 0 amide bonds. The molecule has 1 N–H and O–H groups in total. The smallest absolute Gasteiger partial charge is 0.0558 e. The van der Waals surface area contributed by atoms with Gasteiger partial charge in [-0.05, 0) is 32.4 Å². The molecule has 0 aliphatic rings. The molecule has 0 aromatic heterocycles. The predicted octanol–water partition coefficient (Wildman–Crippen LogP) is 1.72. The second-order valence-electron chi connectivity index (χ2n) is 3.40. The summed E-state index contributed by atoms with van der Waals surface area (Å²) in [6.45, 7) is 4.42. The quantitative estimate of drug-likeness (QED) is 0.683. The van der Waals surface area contributed by atoms with Crippen LogP contribution in [0.1, 0.15) is 19.8 Å². The molecule has 0 rings (SSSR count). The lowest BCUT2D eigenvalue weighted by atomic mass is 10.1. The number of aliphatic hydroxyl groups excluding tert-OH is 1. The highest BCUT2D eigenvalue weighted by Gasteiger charge is 2.02.